The van der Waals surface area contributed by atoms with Gasteiger partial charge in [-0.2, -0.15) is 5.10 Å². The number of rotatable bonds is 8. The van der Waals surface area contributed by atoms with E-state index < -0.39 is 0 Å². The van der Waals surface area contributed by atoms with Gasteiger partial charge in [0.15, 0.2) is 16.6 Å². The fourth-order valence-corrected chi connectivity index (χ4v) is 3.91. The van der Waals surface area contributed by atoms with Crippen molar-refractivity contribution >= 4 is 45.5 Å². The molecule has 162 valence electrons. The van der Waals surface area contributed by atoms with Crippen LogP contribution in [0.1, 0.15) is 38.2 Å². The maximum absolute atomic E-state index is 12.5. The Balaban J connectivity index is 1.50. The molecule has 1 aromatic carbocycles. The average molecular weight is 439 g/mol. The molecule has 0 atom stereocenters. The second-order valence-electron chi connectivity index (χ2n) is 7.83. The number of benzene rings is 1. The van der Waals surface area contributed by atoms with Gasteiger partial charge in [0.25, 0.3) is 5.91 Å². The zero-order valence-corrected chi connectivity index (χ0v) is 18.9. The molecule has 0 aliphatic heterocycles. The number of hydrogen-bond acceptors (Lipinski definition) is 7. The van der Waals surface area contributed by atoms with Crippen LogP contribution in [0.5, 0.6) is 0 Å². The molecule has 0 unspecified atom stereocenters. The first-order valence-electron chi connectivity index (χ1n) is 10.3. The largest absolute Gasteiger partial charge is 0.451 e. The third kappa shape index (κ3) is 4.82. The predicted octanol–water partition coefficient (Wildman–Crippen LogP) is 4.32. The Morgan fingerprint density at radius 1 is 1.19 bits per heavy atom. The molecule has 3 heterocycles. The van der Waals surface area contributed by atoms with Crippen LogP contribution in [0, 0.1) is 0 Å². The molecule has 4 rings (SSSR count). The Labute approximate surface area is 184 Å². The van der Waals surface area contributed by atoms with E-state index in [1.807, 2.05) is 24.3 Å². The summed E-state index contributed by atoms with van der Waals surface area (Å²) in [5.74, 6) is 0.828. The summed E-state index contributed by atoms with van der Waals surface area (Å²) in [4.78, 5) is 21.9. The molecule has 9 heteroatoms. The average Bonchev–Trinajstić information content (AvgIpc) is 3.31. The summed E-state index contributed by atoms with van der Waals surface area (Å²) < 4.78 is 7.42. The van der Waals surface area contributed by atoms with Gasteiger partial charge in [0, 0.05) is 23.2 Å². The van der Waals surface area contributed by atoms with E-state index in [4.69, 9.17) is 9.40 Å². The quantitative estimate of drug-likeness (QED) is 0.312. The van der Waals surface area contributed by atoms with Gasteiger partial charge in [0.05, 0.1) is 18.1 Å². The number of carbonyl (C=O) groups excluding carboxylic acids is 1. The van der Waals surface area contributed by atoms with Gasteiger partial charge in [-0.3, -0.25) is 4.79 Å². The number of fused-ring (bicyclic) bond motifs is 2. The Morgan fingerprint density at radius 2 is 2.00 bits per heavy atom. The summed E-state index contributed by atoms with van der Waals surface area (Å²) in [6.45, 7) is 9.25. The van der Waals surface area contributed by atoms with Crippen molar-refractivity contribution in [1.82, 2.24) is 25.1 Å². The fraction of sp³-hybridized carbons (Fsp3) is 0.364. The summed E-state index contributed by atoms with van der Waals surface area (Å²) in [7, 11) is 0. The van der Waals surface area contributed by atoms with Crippen LogP contribution in [0.15, 0.2) is 46.1 Å². The Hall–Kier alpha value is -3.07. The highest BCUT2D eigenvalue weighted by atomic mass is 32.2. The first-order valence-corrected chi connectivity index (χ1v) is 11.2. The van der Waals surface area contributed by atoms with Crippen molar-refractivity contribution in [3.05, 3.63) is 42.3 Å². The van der Waals surface area contributed by atoms with Crippen LogP contribution in [0.2, 0.25) is 0 Å². The topological polar surface area (TPSA) is 97.9 Å². The highest BCUT2D eigenvalue weighted by Crippen LogP contribution is 2.27. The van der Waals surface area contributed by atoms with E-state index in [1.54, 1.807) is 28.7 Å². The maximum Gasteiger partial charge on any atom is 0.287 e. The number of nitrogens with one attached hydrogen (secondary N) is 2. The zero-order valence-electron chi connectivity index (χ0n) is 18.0. The number of nitrogens with zero attached hydrogens (tertiary/aromatic N) is 4. The monoisotopic (exact) mass is 438 g/mol. The molecule has 0 aliphatic carbocycles. The van der Waals surface area contributed by atoms with E-state index in [9.17, 15) is 4.79 Å². The van der Waals surface area contributed by atoms with Crippen molar-refractivity contribution in [1.29, 1.82) is 0 Å². The van der Waals surface area contributed by atoms with E-state index in [-0.39, 0.29) is 11.9 Å². The van der Waals surface area contributed by atoms with Crippen LogP contribution in [0.4, 0.5) is 5.82 Å². The van der Waals surface area contributed by atoms with Gasteiger partial charge in [-0.1, -0.05) is 43.8 Å². The van der Waals surface area contributed by atoms with Crippen molar-refractivity contribution in [2.24, 2.45) is 0 Å². The van der Waals surface area contributed by atoms with Crippen molar-refractivity contribution in [2.45, 2.75) is 50.7 Å². The van der Waals surface area contributed by atoms with Crippen molar-refractivity contribution in [3.8, 4) is 0 Å². The van der Waals surface area contributed by atoms with Gasteiger partial charge in [-0.05, 0) is 26.0 Å². The Kier molecular flexibility index (Phi) is 6.13. The number of amides is 1. The minimum Gasteiger partial charge on any atom is -0.451 e. The lowest BCUT2D eigenvalue weighted by molar-refractivity contribution is 0.0926. The molecule has 1 amide bonds. The second-order valence-corrected chi connectivity index (χ2v) is 9.37. The van der Waals surface area contributed by atoms with Crippen molar-refractivity contribution in [2.75, 3.05) is 11.9 Å². The SMILES string of the molecule is CC(C)Nc1nc(SC(C)C)nc2c1cnn2CCNC(=O)c1cc2ccccc2o1. The van der Waals surface area contributed by atoms with E-state index in [0.29, 0.717) is 34.8 Å². The third-order valence-electron chi connectivity index (χ3n) is 4.50. The molecule has 8 nitrogen and oxygen atoms in total. The molecule has 0 saturated carbocycles. The molecule has 2 N–H and O–H groups in total. The highest BCUT2D eigenvalue weighted by Gasteiger charge is 2.16. The van der Waals surface area contributed by atoms with Gasteiger partial charge in [0.1, 0.15) is 11.4 Å². The molecule has 31 heavy (non-hydrogen) atoms. The Bertz CT molecular complexity index is 1180. The first kappa shape index (κ1) is 21.2. The first-order chi connectivity index (χ1) is 14.9. The van der Waals surface area contributed by atoms with Gasteiger partial charge in [-0.25, -0.2) is 14.6 Å². The number of furan rings is 1. The number of para-hydroxylation sites is 1. The summed E-state index contributed by atoms with van der Waals surface area (Å²) in [5, 5.41) is 13.6. The standard InChI is InChI=1S/C22H26N6O2S/c1-13(2)25-19-16-12-24-28(20(16)27-22(26-19)31-14(3)4)10-9-23-21(29)18-11-15-7-5-6-8-17(15)30-18/h5-8,11-14H,9-10H2,1-4H3,(H,23,29)(H,25,26,27). The molecule has 3 aromatic heterocycles. The lowest BCUT2D eigenvalue weighted by Crippen LogP contribution is -2.27. The molecule has 0 aliphatic rings. The van der Waals surface area contributed by atoms with E-state index in [1.165, 1.54) is 0 Å². The van der Waals surface area contributed by atoms with E-state index in [2.05, 4.69) is 48.4 Å². The van der Waals surface area contributed by atoms with Gasteiger partial charge in [0.2, 0.25) is 0 Å². The van der Waals surface area contributed by atoms with Gasteiger partial charge >= 0.3 is 0 Å². The van der Waals surface area contributed by atoms with Crippen LogP contribution >= 0.6 is 11.8 Å². The number of anilines is 1. The smallest absolute Gasteiger partial charge is 0.287 e. The normalized spacial score (nSPS) is 11.7. The van der Waals surface area contributed by atoms with Gasteiger partial charge < -0.3 is 15.1 Å². The number of aromatic nitrogens is 4. The fourth-order valence-electron chi connectivity index (χ4n) is 3.20. The van der Waals surface area contributed by atoms with Crippen LogP contribution in [-0.2, 0) is 6.54 Å². The Morgan fingerprint density at radius 3 is 2.74 bits per heavy atom. The number of hydrogen-bond donors (Lipinski definition) is 2. The number of thioether (sulfide) groups is 1. The molecule has 0 fully saturated rings. The summed E-state index contributed by atoms with van der Waals surface area (Å²) in [6, 6.07) is 9.55. The van der Waals surface area contributed by atoms with Crippen LogP contribution in [0.3, 0.4) is 0 Å². The molecule has 0 bridgehead atoms. The van der Waals surface area contributed by atoms with Crippen LogP contribution in [0.25, 0.3) is 22.0 Å². The van der Waals surface area contributed by atoms with Gasteiger partial charge in [-0.15, -0.1) is 0 Å². The summed E-state index contributed by atoms with van der Waals surface area (Å²) in [6.07, 6.45) is 1.77. The summed E-state index contributed by atoms with van der Waals surface area (Å²) >= 11 is 1.61. The molecule has 0 spiro atoms. The maximum atomic E-state index is 12.5. The van der Waals surface area contributed by atoms with E-state index >= 15 is 0 Å². The molecular weight excluding hydrogens is 412 g/mol. The highest BCUT2D eigenvalue weighted by molar-refractivity contribution is 7.99. The number of carbonyl (C=O) groups is 1. The predicted molar refractivity (Wildman–Crippen MR) is 124 cm³/mol. The van der Waals surface area contributed by atoms with Crippen molar-refractivity contribution in [3.63, 3.8) is 0 Å². The third-order valence-corrected chi connectivity index (χ3v) is 5.37. The molecule has 0 saturated heterocycles. The molecule has 4 aromatic rings. The lowest BCUT2D eigenvalue weighted by atomic mass is 10.2. The molecule has 0 radical (unpaired) electrons. The zero-order chi connectivity index (χ0) is 22.0. The van der Waals surface area contributed by atoms with Crippen molar-refractivity contribution < 1.29 is 9.21 Å². The minimum atomic E-state index is -0.250. The van der Waals surface area contributed by atoms with E-state index in [0.717, 1.165) is 22.2 Å². The lowest BCUT2D eigenvalue weighted by Gasteiger charge is -2.12. The van der Waals surface area contributed by atoms with Crippen LogP contribution in [-0.4, -0.2) is 43.5 Å². The second kappa shape index (κ2) is 8.97. The summed E-state index contributed by atoms with van der Waals surface area (Å²) in [5.41, 5.74) is 1.45. The minimum absolute atomic E-state index is 0.237. The van der Waals surface area contributed by atoms with Crippen LogP contribution < -0.4 is 10.6 Å². The molecular formula is C22H26N6O2S.